The van der Waals surface area contributed by atoms with Crippen LogP contribution in [0.1, 0.15) is 10.4 Å². The summed E-state index contributed by atoms with van der Waals surface area (Å²) >= 11 is 0. The number of carbonyl (C=O) groups is 1. The number of benzene rings is 1. The highest BCUT2D eigenvalue weighted by molar-refractivity contribution is 7.92. The summed E-state index contributed by atoms with van der Waals surface area (Å²) in [5.74, 6) is -2.54. The van der Waals surface area contributed by atoms with Crippen LogP contribution in [0.4, 0.5) is 10.3 Å². The zero-order valence-corrected chi connectivity index (χ0v) is 11.0. The minimum Gasteiger partial charge on any atom is -0.477 e. The lowest BCUT2D eigenvalue weighted by atomic mass is 10.3. The number of aromatic nitrogens is 2. The summed E-state index contributed by atoms with van der Waals surface area (Å²) in [6.07, 6.45) is 0.726. The van der Waals surface area contributed by atoms with Crippen molar-refractivity contribution >= 4 is 21.9 Å². The molecule has 2 aromatic rings. The average Bonchev–Trinajstić information content (AvgIpc) is 2.38. The van der Waals surface area contributed by atoms with Gasteiger partial charge >= 0.3 is 5.97 Å². The van der Waals surface area contributed by atoms with E-state index in [0.717, 1.165) is 30.5 Å². The van der Waals surface area contributed by atoms with Crippen LogP contribution in [0.3, 0.4) is 0 Å². The Morgan fingerprint density at radius 1 is 1.29 bits per heavy atom. The van der Waals surface area contributed by atoms with E-state index in [0.29, 0.717) is 0 Å². The summed E-state index contributed by atoms with van der Waals surface area (Å²) in [6.45, 7) is 0. The lowest BCUT2D eigenvalue weighted by Gasteiger charge is -2.06. The normalized spacial score (nSPS) is 11.1. The maximum Gasteiger partial charge on any atom is 0.342 e. The molecule has 0 aliphatic heterocycles. The number of carboxylic acids is 1. The number of nitrogens with zero attached hydrogens (tertiary/aromatic N) is 1. The quantitative estimate of drug-likeness (QED) is 0.749. The summed E-state index contributed by atoms with van der Waals surface area (Å²) in [4.78, 5) is 27.3. The molecule has 0 bridgehead atoms. The second-order valence-corrected chi connectivity index (χ2v) is 5.52. The van der Waals surface area contributed by atoms with Crippen LogP contribution in [-0.4, -0.2) is 29.5 Å². The number of halogens is 1. The number of carboxylic acid groups (broad SMARTS) is 1. The van der Waals surface area contributed by atoms with Crippen molar-refractivity contribution in [3.05, 3.63) is 52.2 Å². The van der Waals surface area contributed by atoms with E-state index in [4.69, 9.17) is 5.11 Å². The van der Waals surface area contributed by atoms with Crippen molar-refractivity contribution < 1.29 is 22.7 Å². The van der Waals surface area contributed by atoms with E-state index < -0.39 is 38.9 Å². The molecule has 0 saturated carbocycles. The first-order chi connectivity index (χ1) is 9.79. The summed E-state index contributed by atoms with van der Waals surface area (Å²) in [5, 5.41) is 8.66. The van der Waals surface area contributed by atoms with Gasteiger partial charge in [0.15, 0.2) is 0 Å². The van der Waals surface area contributed by atoms with E-state index in [1.165, 1.54) is 0 Å². The predicted octanol–water partition coefficient (Wildman–Crippen LogP) is 0.408. The van der Waals surface area contributed by atoms with E-state index in [1.807, 2.05) is 9.71 Å². The molecule has 110 valence electrons. The first kappa shape index (κ1) is 14.7. The number of hydrogen-bond donors (Lipinski definition) is 3. The summed E-state index contributed by atoms with van der Waals surface area (Å²) in [7, 11) is -4.08. The van der Waals surface area contributed by atoms with Gasteiger partial charge in [-0.15, -0.1) is 0 Å². The Morgan fingerprint density at radius 2 is 1.90 bits per heavy atom. The molecular weight excluding hydrogens is 305 g/mol. The van der Waals surface area contributed by atoms with E-state index >= 15 is 0 Å². The van der Waals surface area contributed by atoms with Gasteiger partial charge in [0.25, 0.3) is 15.6 Å². The molecule has 0 fully saturated rings. The topological polar surface area (TPSA) is 129 Å². The highest BCUT2D eigenvalue weighted by atomic mass is 32.2. The van der Waals surface area contributed by atoms with E-state index in [1.54, 1.807) is 0 Å². The van der Waals surface area contributed by atoms with Crippen molar-refractivity contribution in [3.63, 3.8) is 0 Å². The second-order valence-electron chi connectivity index (χ2n) is 3.84. The number of aromatic carboxylic acids is 1. The average molecular weight is 313 g/mol. The molecule has 0 unspecified atom stereocenters. The molecular formula is C11H8FN3O5S. The van der Waals surface area contributed by atoms with Gasteiger partial charge in [0.2, 0.25) is 5.95 Å². The number of nitrogens with one attached hydrogen (secondary N) is 2. The van der Waals surface area contributed by atoms with Crippen LogP contribution in [-0.2, 0) is 10.0 Å². The Kier molecular flexibility index (Phi) is 3.72. The van der Waals surface area contributed by atoms with Crippen molar-refractivity contribution in [1.29, 1.82) is 0 Å². The van der Waals surface area contributed by atoms with Crippen LogP contribution in [0.5, 0.6) is 0 Å². The maximum absolute atomic E-state index is 12.7. The number of anilines is 1. The molecule has 8 nitrogen and oxygen atoms in total. The highest BCUT2D eigenvalue weighted by Gasteiger charge is 2.17. The molecule has 3 N–H and O–H groups in total. The van der Waals surface area contributed by atoms with Gasteiger partial charge in [0, 0.05) is 0 Å². The molecule has 0 amide bonds. The van der Waals surface area contributed by atoms with Gasteiger partial charge in [0.05, 0.1) is 11.1 Å². The molecule has 1 aromatic heterocycles. The van der Waals surface area contributed by atoms with E-state index in [9.17, 15) is 22.4 Å². The van der Waals surface area contributed by atoms with Crippen LogP contribution in [0.15, 0.2) is 40.2 Å². The van der Waals surface area contributed by atoms with Crippen molar-refractivity contribution in [2.45, 2.75) is 4.90 Å². The lowest BCUT2D eigenvalue weighted by molar-refractivity contribution is 0.0694. The molecule has 21 heavy (non-hydrogen) atoms. The lowest BCUT2D eigenvalue weighted by Crippen LogP contribution is -2.22. The van der Waals surface area contributed by atoms with Crippen LogP contribution in [0.2, 0.25) is 0 Å². The number of sulfonamides is 1. The highest BCUT2D eigenvalue weighted by Crippen LogP contribution is 2.12. The van der Waals surface area contributed by atoms with Crippen molar-refractivity contribution in [2.75, 3.05) is 4.72 Å². The number of rotatable bonds is 4. The predicted molar refractivity (Wildman–Crippen MR) is 69.0 cm³/mol. The third-order valence-corrected chi connectivity index (χ3v) is 3.74. The van der Waals surface area contributed by atoms with E-state index in [2.05, 4.69) is 4.98 Å². The minimum absolute atomic E-state index is 0.242. The Hall–Kier alpha value is -2.75. The molecule has 0 aliphatic carbocycles. The van der Waals surface area contributed by atoms with Gasteiger partial charge in [-0.3, -0.25) is 9.78 Å². The Balaban J connectivity index is 2.33. The summed E-state index contributed by atoms with van der Waals surface area (Å²) < 4.78 is 38.6. The summed E-state index contributed by atoms with van der Waals surface area (Å²) in [5.41, 5.74) is -1.63. The molecule has 0 radical (unpaired) electrons. The van der Waals surface area contributed by atoms with Gasteiger partial charge in [-0.1, -0.05) is 0 Å². The smallest absolute Gasteiger partial charge is 0.342 e. The van der Waals surface area contributed by atoms with Crippen molar-refractivity contribution in [2.24, 2.45) is 0 Å². The Labute approximate surface area is 117 Å². The number of aromatic amines is 1. The molecule has 10 heteroatoms. The van der Waals surface area contributed by atoms with Gasteiger partial charge in [-0.05, 0) is 24.3 Å². The molecule has 1 heterocycles. The van der Waals surface area contributed by atoms with Gasteiger partial charge < -0.3 is 5.11 Å². The van der Waals surface area contributed by atoms with Crippen LogP contribution >= 0.6 is 0 Å². The van der Waals surface area contributed by atoms with Gasteiger partial charge in [0.1, 0.15) is 11.4 Å². The monoisotopic (exact) mass is 313 g/mol. The standard InChI is InChI=1S/C11H8FN3O5S/c12-6-1-3-7(4-2-6)21(19,20)15-11-13-5-8(10(17)18)9(16)14-11/h1-5H,(H,17,18)(H2,13,14,15,16). The number of hydrogen-bond acceptors (Lipinski definition) is 5. The zero-order valence-electron chi connectivity index (χ0n) is 10.2. The molecule has 2 rings (SSSR count). The van der Waals surface area contributed by atoms with Crippen molar-refractivity contribution in [1.82, 2.24) is 9.97 Å². The van der Waals surface area contributed by atoms with Crippen molar-refractivity contribution in [3.8, 4) is 0 Å². The maximum atomic E-state index is 12.7. The zero-order chi connectivity index (χ0) is 15.6. The Bertz CT molecular complexity index is 845. The second kappa shape index (κ2) is 5.32. The third kappa shape index (κ3) is 3.23. The molecule has 1 aromatic carbocycles. The first-order valence-corrected chi connectivity index (χ1v) is 6.89. The number of H-pyrrole nitrogens is 1. The minimum atomic E-state index is -4.08. The fourth-order valence-corrected chi connectivity index (χ4v) is 2.37. The molecule has 0 saturated heterocycles. The third-order valence-electron chi connectivity index (χ3n) is 2.38. The fraction of sp³-hybridized carbons (Fsp3) is 0. The van der Waals surface area contributed by atoms with Gasteiger partial charge in [-0.2, -0.15) is 0 Å². The molecule has 0 spiro atoms. The largest absolute Gasteiger partial charge is 0.477 e. The summed E-state index contributed by atoms with van der Waals surface area (Å²) in [6, 6.07) is 3.97. The fourth-order valence-electron chi connectivity index (χ4n) is 1.40. The first-order valence-electron chi connectivity index (χ1n) is 5.40. The Morgan fingerprint density at radius 3 is 2.43 bits per heavy atom. The molecule has 0 aliphatic rings. The van der Waals surface area contributed by atoms with Crippen LogP contribution in [0, 0.1) is 5.82 Å². The van der Waals surface area contributed by atoms with E-state index in [-0.39, 0.29) is 4.90 Å². The molecule has 0 atom stereocenters. The van der Waals surface area contributed by atoms with Crippen LogP contribution in [0.25, 0.3) is 0 Å². The van der Waals surface area contributed by atoms with Gasteiger partial charge in [-0.25, -0.2) is 27.3 Å². The SMILES string of the molecule is O=C(O)c1cnc(NS(=O)(=O)c2ccc(F)cc2)[nH]c1=O. The van der Waals surface area contributed by atoms with Crippen LogP contribution < -0.4 is 10.3 Å².